The van der Waals surface area contributed by atoms with Crippen LogP contribution in [0.3, 0.4) is 0 Å². The molecule has 0 aromatic heterocycles. The van der Waals surface area contributed by atoms with Gasteiger partial charge in [-0.3, -0.25) is 4.55 Å². The third kappa shape index (κ3) is 6.46. The van der Waals surface area contributed by atoms with Crippen LogP contribution in [0.5, 0.6) is 0 Å². The Balaban J connectivity index is 3.97. The highest BCUT2D eigenvalue weighted by Crippen LogP contribution is 1.98. The van der Waals surface area contributed by atoms with Crippen LogP contribution in [0, 0.1) is 0 Å². The van der Waals surface area contributed by atoms with Gasteiger partial charge >= 0.3 is 16.4 Å². The van der Waals surface area contributed by atoms with Crippen molar-refractivity contribution in [3.05, 3.63) is 0 Å². The molecule has 0 saturated heterocycles. The van der Waals surface area contributed by atoms with Crippen LogP contribution < -0.4 is 11.5 Å². The summed E-state index contributed by atoms with van der Waals surface area (Å²) in [6.07, 6.45) is 0.687. The Morgan fingerprint density at radius 1 is 1.54 bits per heavy atom. The van der Waals surface area contributed by atoms with E-state index in [4.69, 9.17) is 16.0 Å². The lowest BCUT2D eigenvalue weighted by atomic mass is 10.2. The summed E-state index contributed by atoms with van der Waals surface area (Å²) in [6, 6.07) is -1.08. The molecule has 0 saturated carbocycles. The van der Waals surface area contributed by atoms with Gasteiger partial charge in [-0.15, -0.1) is 0 Å². The Hall–Kier alpha value is -0.700. The molecule has 0 amide bonds. The molecule has 78 valence electrons. The molecular formula is C5H12N2O5S. The predicted molar refractivity (Wildman–Crippen MR) is 43.9 cm³/mol. The molecule has 8 heteroatoms. The highest BCUT2D eigenvalue weighted by atomic mass is 32.3. The summed E-state index contributed by atoms with van der Waals surface area (Å²) >= 11 is 0. The Morgan fingerprint density at radius 3 is 2.46 bits per heavy atom. The zero-order valence-electron chi connectivity index (χ0n) is 6.84. The maximum Gasteiger partial charge on any atom is 0.449 e. The Morgan fingerprint density at radius 2 is 2.08 bits per heavy atom. The molecular weight excluding hydrogens is 200 g/mol. The molecule has 0 fully saturated rings. The van der Waals surface area contributed by atoms with Crippen molar-refractivity contribution in [2.45, 2.75) is 18.9 Å². The maximum absolute atomic E-state index is 10.7. The zero-order chi connectivity index (χ0) is 10.5. The van der Waals surface area contributed by atoms with Crippen molar-refractivity contribution in [2.75, 3.05) is 6.54 Å². The van der Waals surface area contributed by atoms with Crippen LogP contribution in [0.15, 0.2) is 0 Å². The second kappa shape index (κ2) is 5.12. The first kappa shape index (κ1) is 12.3. The molecule has 0 aliphatic rings. The third-order valence-corrected chi connectivity index (χ3v) is 1.58. The molecule has 0 bridgehead atoms. The summed E-state index contributed by atoms with van der Waals surface area (Å²) in [6.45, 7) is 0.340. The van der Waals surface area contributed by atoms with Gasteiger partial charge in [-0.1, -0.05) is 0 Å². The van der Waals surface area contributed by atoms with Crippen LogP contribution in [0.1, 0.15) is 12.8 Å². The number of hydrogen-bond acceptors (Lipinski definition) is 6. The summed E-state index contributed by atoms with van der Waals surface area (Å²) in [5.74, 6) is -1.18. The topological polar surface area (TPSA) is 133 Å². The third-order valence-electron chi connectivity index (χ3n) is 1.21. The number of hydrogen-bond donors (Lipinski definition) is 3. The summed E-state index contributed by atoms with van der Waals surface area (Å²) < 4.78 is 31.8. The van der Waals surface area contributed by atoms with E-state index >= 15 is 0 Å². The maximum atomic E-state index is 10.7. The minimum atomic E-state index is -4.75. The van der Waals surface area contributed by atoms with Crippen molar-refractivity contribution in [3.8, 4) is 0 Å². The van der Waals surface area contributed by atoms with Crippen LogP contribution in [0.2, 0.25) is 0 Å². The van der Waals surface area contributed by atoms with Gasteiger partial charge in [0.05, 0.1) is 0 Å². The summed E-state index contributed by atoms with van der Waals surface area (Å²) in [5.41, 5.74) is 10.3. The second-order valence-corrected chi connectivity index (χ2v) is 3.39. The SMILES string of the molecule is NCCC[C@@H](N)C(=O)OS(=O)(=O)O. The molecule has 13 heavy (non-hydrogen) atoms. The normalized spacial score (nSPS) is 13.8. The van der Waals surface area contributed by atoms with E-state index in [9.17, 15) is 13.2 Å². The predicted octanol–water partition coefficient (Wildman–Crippen LogP) is -1.60. The largest absolute Gasteiger partial charge is 0.449 e. The van der Waals surface area contributed by atoms with Crippen LogP contribution in [-0.2, 0) is 19.4 Å². The van der Waals surface area contributed by atoms with Gasteiger partial charge in [0.2, 0.25) is 0 Å². The number of rotatable bonds is 5. The zero-order valence-corrected chi connectivity index (χ0v) is 7.66. The van der Waals surface area contributed by atoms with Gasteiger partial charge in [-0.25, -0.2) is 4.79 Å². The molecule has 1 atom stereocenters. The standard InChI is InChI=1S/C5H12N2O5S/c6-3-1-2-4(7)5(8)12-13(9,10)11/h4H,1-3,6-7H2,(H,9,10,11)/t4-/m1/s1. The minimum absolute atomic E-state index is 0.213. The fourth-order valence-electron chi connectivity index (χ4n) is 0.621. The van der Waals surface area contributed by atoms with Crippen molar-refractivity contribution in [1.29, 1.82) is 0 Å². The fraction of sp³-hybridized carbons (Fsp3) is 0.800. The highest BCUT2D eigenvalue weighted by molar-refractivity contribution is 7.81. The Labute approximate surface area is 76.0 Å². The molecule has 0 rings (SSSR count). The Kier molecular flexibility index (Phi) is 4.85. The number of carbonyl (C=O) groups is 1. The van der Waals surface area contributed by atoms with Crippen LogP contribution in [-0.4, -0.2) is 31.5 Å². The van der Waals surface area contributed by atoms with Crippen molar-refractivity contribution >= 4 is 16.4 Å². The second-order valence-electron chi connectivity index (χ2n) is 2.37. The summed E-state index contributed by atoms with van der Waals surface area (Å²) in [4.78, 5) is 10.7. The lowest BCUT2D eigenvalue weighted by Crippen LogP contribution is -2.34. The van der Waals surface area contributed by atoms with Crippen LogP contribution >= 0.6 is 0 Å². The fourth-order valence-corrected chi connectivity index (χ4v) is 0.952. The molecule has 5 N–H and O–H groups in total. The molecule has 0 unspecified atom stereocenters. The monoisotopic (exact) mass is 212 g/mol. The van der Waals surface area contributed by atoms with E-state index < -0.39 is 22.4 Å². The molecule has 0 radical (unpaired) electrons. The first-order valence-electron chi connectivity index (χ1n) is 3.53. The van der Waals surface area contributed by atoms with Crippen LogP contribution in [0.4, 0.5) is 0 Å². The van der Waals surface area contributed by atoms with Crippen molar-refractivity contribution in [3.63, 3.8) is 0 Å². The van der Waals surface area contributed by atoms with Crippen molar-refractivity contribution < 1.29 is 21.9 Å². The van der Waals surface area contributed by atoms with Gasteiger partial charge in [-0.05, 0) is 19.4 Å². The Bertz CT molecular complexity index is 262. The van der Waals surface area contributed by atoms with Gasteiger partial charge in [-0.2, -0.15) is 8.42 Å². The van der Waals surface area contributed by atoms with E-state index in [0.29, 0.717) is 13.0 Å². The smallest absolute Gasteiger partial charge is 0.330 e. The first-order valence-corrected chi connectivity index (χ1v) is 4.89. The molecule has 7 nitrogen and oxygen atoms in total. The number of nitrogens with two attached hydrogens (primary N) is 2. The van der Waals surface area contributed by atoms with E-state index in [2.05, 4.69) is 4.18 Å². The number of carbonyl (C=O) groups excluding carboxylic acids is 1. The van der Waals surface area contributed by atoms with Gasteiger partial charge in [0.25, 0.3) is 0 Å². The van der Waals surface area contributed by atoms with Crippen molar-refractivity contribution in [1.82, 2.24) is 0 Å². The van der Waals surface area contributed by atoms with E-state index in [1.807, 2.05) is 0 Å². The van der Waals surface area contributed by atoms with Crippen molar-refractivity contribution in [2.24, 2.45) is 11.5 Å². The molecule has 0 aliphatic heterocycles. The lowest BCUT2D eigenvalue weighted by molar-refractivity contribution is -0.136. The van der Waals surface area contributed by atoms with Gasteiger partial charge in [0, 0.05) is 0 Å². The molecule has 0 heterocycles. The lowest BCUT2D eigenvalue weighted by Gasteiger charge is -2.07. The van der Waals surface area contributed by atoms with E-state index in [1.54, 1.807) is 0 Å². The van der Waals surface area contributed by atoms with Gasteiger partial charge < -0.3 is 15.7 Å². The molecule has 0 aliphatic carbocycles. The molecule has 0 spiro atoms. The highest BCUT2D eigenvalue weighted by Gasteiger charge is 2.20. The van der Waals surface area contributed by atoms with Gasteiger partial charge in [0.15, 0.2) is 0 Å². The first-order chi connectivity index (χ1) is 5.87. The quantitative estimate of drug-likeness (QED) is 0.467. The molecule has 0 aromatic carbocycles. The van der Waals surface area contributed by atoms with Gasteiger partial charge in [0.1, 0.15) is 6.04 Å². The summed E-state index contributed by atoms with van der Waals surface area (Å²) in [7, 11) is -4.75. The average molecular weight is 212 g/mol. The van der Waals surface area contributed by atoms with E-state index in [-0.39, 0.29) is 6.42 Å². The van der Waals surface area contributed by atoms with E-state index in [1.165, 1.54) is 0 Å². The summed E-state index contributed by atoms with van der Waals surface area (Å²) in [5, 5.41) is 0. The van der Waals surface area contributed by atoms with Crippen LogP contribution in [0.25, 0.3) is 0 Å². The molecule has 0 aromatic rings. The minimum Gasteiger partial charge on any atom is -0.330 e. The average Bonchev–Trinajstić information content (AvgIpc) is 1.96. The van der Waals surface area contributed by atoms with E-state index in [0.717, 1.165) is 0 Å².